The highest BCUT2D eigenvalue weighted by Gasteiger charge is 2.47. The smallest absolute Gasteiger partial charge is 0.300 e. The van der Waals surface area contributed by atoms with Crippen molar-refractivity contribution in [2.75, 3.05) is 11.7 Å². The van der Waals surface area contributed by atoms with Gasteiger partial charge in [-0.1, -0.05) is 32.0 Å². The molecular weight excluding hydrogens is 420 g/mol. The Bertz CT molecular complexity index is 1270. The zero-order valence-corrected chi connectivity index (χ0v) is 18.2. The standard InChI is InChI=1S/C26H22N2O5/c1-15(2)16-6-9-18(10-7-16)28-23(19-5-3-4-12-27-19)22(25(30)26(28)31)24(29)17-8-11-20-21(13-17)33-14-32-20/h3-13,15,23,29H,14H2,1-2H3/b24-22-. The van der Waals surface area contributed by atoms with Gasteiger partial charge in [-0.05, 0) is 53.9 Å². The second kappa shape index (κ2) is 8.09. The lowest BCUT2D eigenvalue weighted by atomic mass is 9.97. The van der Waals surface area contributed by atoms with Gasteiger partial charge in [-0.2, -0.15) is 0 Å². The van der Waals surface area contributed by atoms with Crippen LogP contribution in [0.4, 0.5) is 5.69 Å². The molecule has 1 aromatic heterocycles. The van der Waals surface area contributed by atoms with E-state index < -0.39 is 17.7 Å². The summed E-state index contributed by atoms with van der Waals surface area (Å²) < 4.78 is 10.7. The number of ketones is 1. The van der Waals surface area contributed by atoms with E-state index in [0.29, 0.717) is 34.4 Å². The lowest BCUT2D eigenvalue weighted by molar-refractivity contribution is -0.132. The Morgan fingerprint density at radius 1 is 1.03 bits per heavy atom. The summed E-state index contributed by atoms with van der Waals surface area (Å²) in [6, 6.07) is 16.8. The number of amides is 1. The van der Waals surface area contributed by atoms with Crippen LogP contribution in [0.1, 0.15) is 42.6 Å². The molecule has 33 heavy (non-hydrogen) atoms. The van der Waals surface area contributed by atoms with Gasteiger partial charge in [-0.3, -0.25) is 19.5 Å². The number of aliphatic hydroxyl groups is 1. The molecule has 2 aromatic carbocycles. The number of fused-ring (bicyclic) bond motifs is 1. The fourth-order valence-electron chi connectivity index (χ4n) is 4.14. The Hall–Kier alpha value is -4.13. The molecule has 1 amide bonds. The number of Topliss-reactive ketones (excluding diaryl/α,β-unsaturated/α-hetero) is 1. The maximum Gasteiger partial charge on any atom is 0.300 e. The van der Waals surface area contributed by atoms with E-state index in [9.17, 15) is 14.7 Å². The highest BCUT2D eigenvalue weighted by molar-refractivity contribution is 6.51. The van der Waals surface area contributed by atoms with Crippen molar-refractivity contribution in [3.05, 3.63) is 89.3 Å². The summed E-state index contributed by atoms with van der Waals surface area (Å²) in [7, 11) is 0. The number of aromatic nitrogens is 1. The molecule has 2 aliphatic heterocycles. The molecule has 0 bridgehead atoms. The van der Waals surface area contributed by atoms with E-state index >= 15 is 0 Å². The zero-order valence-electron chi connectivity index (χ0n) is 18.2. The quantitative estimate of drug-likeness (QED) is 0.362. The topological polar surface area (TPSA) is 89.0 Å². The van der Waals surface area contributed by atoms with Crippen LogP contribution in [0.3, 0.4) is 0 Å². The van der Waals surface area contributed by atoms with Gasteiger partial charge in [-0.15, -0.1) is 0 Å². The number of aliphatic hydroxyl groups excluding tert-OH is 1. The summed E-state index contributed by atoms with van der Waals surface area (Å²) in [5.41, 5.74) is 2.48. The number of anilines is 1. The molecule has 0 radical (unpaired) electrons. The van der Waals surface area contributed by atoms with E-state index in [1.807, 2.05) is 24.3 Å². The van der Waals surface area contributed by atoms with Gasteiger partial charge in [-0.25, -0.2) is 0 Å². The van der Waals surface area contributed by atoms with Gasteiger partial charge in [0.25, 0.3) is 11.7 Å². The maximum atomic E-state index is 13.2. The average Bonchev–Trinajstić information content (AvgIpc) is 3.41. The molecule has 1 unspecified atom stereocenters. The molecule has 166 valence electrons. The highest BCUT2D eigenvalue weighted by atomic mass is 16.7. The number of rotatable bonds is 4. The number of carbonyl (C=O) groups excluding carboxylic acids is 2. The third-order valence-corrected chi connectivity index (χ3v) is 5.90. The van der Waals surface area contributed by atoms with Crippen molar-refractivity contribution in [2.24, 2.45) is 0 Å². The number of pyridine rings is 1. The number of hydrogen-bond donors (Lipinski definition) is 1. The van der Waals surface area contributed by atoms with E-state index in [2.05, 4.69) is 18.8 Å². The van der Waals surface area contributed by atoms with Gasteiger partial charge in [0.15, 0.2) is 11.5 Å². The van der Waals surface area contributed by atoms with Crippen molar-refractivity contribution < 1.29 is 24.2 Å². The lowest BCUT2D eigenvalue weighted by Crippen LogP contribution is -2.29. The summed E-state index contributed by atoms with van der Waals surface area (Å²) in [6.45, 7) is 4.26. The van der Waals surface area contributed by atoms with E-state index in [1.54, 1.807) is 42.6 Å². The zero-order chi connectivity index (χ0) is 23.1. The van der Waals surface area contributed by atoms with Crippen molar-refractivity contribution in [1.29, 1.82) is 0 Å². The molecule has 2 aliphatic rings. The SMILES string of the molecule is CC(C)c1ccc(N2C(=O)C(=O)/C(=C(\O)c3ccc4c(c3)OCO4)C2c2ccccn2)cc1. The predicted octanol–water partition coefficient (Wildman–Crippen LogP) is 4.56. The number of ether oxygens (including phenoxy) is 2. The first kappa shape index (κ1) is 20.8. The van der Waals surface area contributed by atoms with Gasteiger partial charge in [0.2, 0.25) is 6.79 Å². The van der Waals surface area contributed by atoms with Gasteiger partial charge in [0, 0.05) is 17.4 Å². The molecule has 0 spiro atoms. The Balaban J connectivity index is 1.66. The normalized spacial score (nSPS) is 18.9. The molecule has 0 saturated carbocycles. The third kappa shape index (κ3) is 3.51. The van der Waals surface area contributed by atoms with Crippen LogP contribution in [0.15, 0.2) is 72.4 Å². The molecule has 5 rings (SSSR count). The summed E-state index contributed by atoms with van der Waals surface area (Å²) in [5.74, 6) is -0.430. The molecule has 1 fully saturated rings. The molecule has 0 aliphatic carbocycles. The van der Waals surface area contributed by atoms with Gasteiger partial charge in [0.1, 0.15) is 11.8 Å². The monoisotopic (exact) mass is 442 g/mol. The minimum Gasteiger partial charge on any atom is -0.507 e. The van der Waals surface area contributed by atoms with Crippen molar-refractivity contribution >= 4 is 23.1 Å². The van der Waals surface area contributed by atoms with E-state index in [4.69, 9.17) is 9.47 Å². The van der Waals surface area contributed by atoms with Crippen molar-refractivity contribution in [1.82, 2.24) is 4.98 Å². The molecule has 3 heterocycles. The number of nitrogens with zero attached hydrogens (tertiary/aromatic N) is 2. The van der Waals surface area contributed by atoms with Gasteiger partial charge in [0.05, 0.1) is 11.3 Å². The van der Waals surface area contributed by atoms with Crippen LogP contribution < -0.4 is 14.4 Å². The predicted molar refractivity (Wildman–Crippen MR) is 122 cm³/mol. The highest BCUT2D eigenvalue weighted by Crippen LogP contribution is 2.43. The Morgan fingerprint density at radius 2 is 1.79 bits per heavy atom. The van der Waals surface area contributed by atoms with Crippen LogP contribution in [0.5, 0.6) is 11.5 Å². The van der Waals surface area contributed by atoms with Gasteiger partial charge < -0.3 is 14.6 Å². The van der Waals surface area contributed by atoms with Crippen molar-refractivity contribution in [2.45, 2.75) is 25.8 Å². The van der Waals surface area contributed by atoms with Gasteiger partial charge >= 0.3 is 0 Å². The van der Waals surface area contributed by atoms with Crippen LogP contribution in [-0.4, -0.2) is 28.6 Å². The van der Waals surface area contributed by atoms with E-state index in [-0.39, 0.29) is 18.1 Å². The Morgan fingerprint density at radius 3 is 2.48 bits per heavy atom. The molecule has 7 nitrogen and oxygen atoms in total. The molecule has 3 aromatic rings. The number of carbonyl (C=O) groups is 2. The van der Waals surface area contributed by atoms with Crippen LogP contribution in [0, 0.1) is 0 Å². The first-order valence-electron chi connectivity index (χ1n) is 10.7. The minimum absolute atomic E-state index is 0.0227. The van der Waals surface area contributed by atoms with Crippen LogP contribution >= 0.6 is 0 Å². The Kier molecular flexibility index (Phi) is 5.09. The Labute approximate surface area is 190 Å². The fourth-order valence-corrected chi connectivity index (χ4v) is 4.14. The van der Waals surface area contributed by atoms with Crippen LogP contribution in [0.25, 0.3) is 5.76 Å². The first-order valence-corrected chi connectivity index (χ1v) is 10.7. The average molecular weight is 442 g/mol. The second-order valence-electron chi connectivity index (χ2n) is 8.24. The summed E-state index contributed by atoms with van der Waals surface area (Å²) in [4.78, 5) is 32.2. The molecule has 1 saturated heterocycles. The largest absolute Gasteiger partial charge is 0.507 e. The van der Waals surface area contributed by atoms with Crippen molar-refractivity contribution in [3.8, 4) is 11.5 Å². The van der Waals surface area contributed by atoms with E-state index in [0.717, 1.165) is 5.56 Å². The van der Waals surface area contributed by atoms with Crippen LogP contribution in [0.2, 0.25) is 0 Å². The second-order valence-corrected chi connectivity index (χ2v) is 8.24. The third-order valence-electron chi connectivity index (χ3n) is 5.90. The maximum absolute atomic E-state index is 13.2. The molecular formula is C26H22N2O5. The molecule has 1 N–H and O–H groups in total. The number of benzene rings is 2. The minimum atomic E-state index is -0.874. The van der Waals surface area contributed by atoms with Crippen molar-refractivity contribution in [3.63, 3.8) is 0 Å². The molecule has 7 heteroatoms. The summed E-state index contributed by atoms with van der Waals surface area (Å²) >= 11 is 0. The van der Waals surface area contributed by atoms with E-state index in [1.165, 1.54) is 4.90 Å². The summed E-state index contributed by atoms with van der Waals surface area (Å²) in [5, 5.41) is 11.2. The fraction of sp³-hybridized carbons (Fsp3) is 0.192. The van der Waals surface area contributed by atoms with Crippen LogP contribution in [-0.2, 0) is 9.59 Å². The molecule has 1 atom stereocenters. The number of hydrogen-bond acceptors (Lipinski definition) is 6. The first-order chi connectivity index (χ1) is 16.0. The summed E-state index contributed by atoms with van der Waals surface area (Å²) in [6.07, 6.45) is 1.60. The lowest BCUT2D eigenvalue weighted by Gasteiger charge is -2.25.